The molecule has 0 amide bonds. The Balaban J connectivity index is 2.01. The van der Waals surface area contributed by atoms with Gasteiger partial charge >= 0.3 is 8.03 Å². The van der Waals surface area contributed by atoms with Gasteiger partial charge in [0.2, 0.25) is 0 Å². The zero-order valence-electron chi connectivity index (χ0n) is 16.9. The standard InChI is InChI=1S/C22H36NO2PS/c1-2-3-4-5-6-7-8-9-10-11-12-13-22(27)23-21-16-14-20(15-17-21)18-19-26(24)25/h14-17H,2-13,18-19H2,1H3,(H-,23,24,25,27)/p+1. The fraction of sp³-hybridized carbons (Fsp3) is 0.682. The van der Waals surface area contributed by atoms with Crippen molar-refractivity contribution in [2.75, 3.05) is 11.5 Å². The summed E-state index contributed by atoms with van der Waals surface area (Å²) in [4.78, 5) is 9.77. The molecule has 0 aromatic heterocycles. The Labute approximate surface area is 172 Å². The molecule has 0 saturated carbocycles. The maximum absolute atomic E-state index is 10.8. The topological polar surface area (TPSA) is 49.3 Å². The van der Waals surface area contributed by atoms with Gasteiger partial charge in [-0.2, -0.15) is 4.89 Å². The van der Waals surface area contributed by atoms with Gasteiger partial charge in [-0.05, 0) is 35.1 Å². The number of benzene rings is 1. The Hall–Kier alpha value is -0.830. The number of rotatable bonds is 16. The molecule has 27 heavy (non-hydrogen) atoms. The van der Waals surface area contributed by atoms with Crippen LogP contribution in [0.5, 0.6) is 0 Å². The van der Waals surface area contributed by atoms with Crippen LogP contribution in [0.3, 0.4) is 0 Å². The Morgan fingerprint density at radius 2 is 1.44 bits per heavy atom. The van der Waals surface area contributed by atoms with Crippen LogP contribution in [-0.4, -0.2) is 16.0 Å². The lowest BCUT2D eigenvalue weighted by Crippen LogP contribution is -2.08. The van der Waals surface area contributed by atoms with E-state index in [0.29, 0.717) is 12.6 Å². The molecule has 2 N–H and O–H groups in total. The van der Waals surface area contributed by atoms with Crippen molar-refractivity contribution >= 4 is 30.9 Å². The first-order chi connectivity index (χ1) is 13.1. The van der Waals surface area contributed by atoms with Crippen molar-refractivity contribution in [1.29, 1.82) is 0 Å². The van der Waals surface area contributed by atoms with Crippen molar-refractivity contribution in [3.8, 4) is 0 Å². The van der Waals surface area contributed by atoms with E-state index in [9.17, 15) is 4.57 Å². The van der Waals surface area contributed by atoms with E-state index in [2.05, 4.69) is 12.2 Å². The van der Waals surface area contributed by atoms with Gasteiger partial charge in [-0.15, -0.1) is 0 Å². The molecule has 0 aliphatic carbocycles. The van der Waals surface area contributed by atoms with E-state index in [4.69, 9.17) is 17.1 Å². The van der Waals surface area contributed by atoms with Gasteiger partial charge < -0.3 is 5.32 Å². The van der Waals surface area contributed by atoms with Crippen molar-refractivity contribution in [1.82, 2.24) is 0 Å². The molecule has 0 radical (unpaired) electrons. The summed E-state index contributed by atoms with van der Waals surface area (Å²) in [6, 6.07) is 7.97. The maximum atomic E-state index is 10.8. The van der Waals surface area contributed by atoms with Gasteiger partial charge in [-0.25, -0.2) is 0 Å². The van der Waals surface area contributed by atoms with Gasteiger partial charge in [-0.3, -0.25) is 0 Å². The van der Waals surface area contributed by atoms with Crippen LogP contribution in [0.2, 0.25) is 0 Å². The maximum Gasteiger partial charge on any atom is 0.505 e. The van der Waals surface area contributed by atoms with Gasteiger partial charge in [0.05, 0.1) is 4.99 Å². The van der Waals surface area contributed by atoms with E-state index in [1.165, 1.54) is 64.2 Å². The first-order valence-corrected chi connectivity index (χ1v) is 12.4. The summed E-state index contributed by atoms with van der Waals surface area (Å²) in [5.41, 5.74) is 2.08. The number of anilines is 1. The van der Waals surface area contributed by atoms with Crippen LogP contribution in [0.4, 0.5) is 5.69 Å². The minimum Gasteiger partial charge on any atom is -0.350 e. The average molecular weight is 411 g/mol. The molecule has 1 unspecified atom stereocenters. The van der Waals surface area contributed by atoms with Crippen LogP contribution in [0, 0.1) is 0 Å². The number of unbranched alkanes of at least 4 members (excludes halogenated alkanes) is 10. The quantitative estimate of drug-likeness (QED) is 0.169. The van der Waals surface area contributed by atoms with E-state index in [1.54, 1.807) is 0 Å². The summed E-state index contributed by atoms with van der Waals surface area (Å²) in [5.74, 6) is 0. The highest BCUT2D eigenvalue weighted by Gasteiger charge is 2.09. The third-order valence-electron chi connectivity index (χ3n) is 4.84. The molecule has 0 spiro atoms. The Morgan fingerprint density at radius 3 is 1.96 bits per heavy atom. The van der Waals surface area contributed by atoms with E-state index in [-0.39, 0.29) is 0 Å². The predicted octanol–water partition coefficient (Wildman–Crippen LogP) is 7.40. The first-order valence-electron chi connectivity index (χ1n) is 10.6. The molecular formula is C22H37NO2PS+. The molecule has 1 aromatic rings. The highest BCUT2D eigenvalue weighted by Crippen LogP contribution is 2.18. The second kappa shape index (κ2) is 16.2. The molecule has 1 aromatic carbocycles. The predicted molar refractivity (Wildman–Crippen MR) is 122 cm³/mol. The molecule has 5 heteroatoms. The van der Waals surface area contributed by atoms with Gasteiger partial charge in [0.25, 0.3) is 0 Å². The van der Waals surface area contributed by atoms with Crippen LogP contribution in [0.25, 0.3) is 0 Å². The third kappa shape index (κ3) is 13.9. The molecule has 0 saturated heterocycles. The van der Waals surface area contributed by atoms with Crippen LogP contribution in [0.1, 0.15) is 89.5 Å². The molecule has 152 valence electrons. The average Bonchev–Trinajstić information content (AvgIpc) is 2.65. The number of hydrogen-bond donors (Lipinski definition) is 2. The Kier molecular flexibility index (Phi) is 14.5. The van der Waals surface area contributed by atoms with Gasteiger partial charge in [-0.1, -0.05) is 95.5 Å². The lowest BCUT2D eigenvalue weighted by atomic mass is 10.1. The molecule has 0 fully saturated rings. The fourth-order valence-corrected chi connectivity index (χ4v) is 3.86. The van der Waals surface area contributed by atoms with Crippen LogP contribution in [0.15, 0.2) is 24.3 Å². The third-order valence-corrected chi connectivity index (χ3v) is 5.75. The van der Waals surface area contributed by atoms with E-state index >= 15 is 0 Å². The minimum atomic E-state index is -2.05. The Morgan fingerprint density at radius 1 is 0.926 bits per heavy atom. The summed E-state index contributed by atoms with van der Waals surface area (Å²) in [5, 5.41) is 3.29. The summed E-state index contributed by atoms with van der Waals surface area (Å²) >= 11 is 5.44. The summed E-state index contributed by atoms with van der Waals surface area (Å²) in [6.45, 7) is 2.27. The zero-order valence-corrected chi connectivity index (χ0v) is 18.6. The van der Waals surface area contributed by atoms with Gasteiger partial charge in [0.1, 0.15) is 0 Å². The van der Waals surface area contributed by atoms with Crippen LogP contribution >= 0.6 is 20.2 Å². The van der Waals surface area contributed by atoms with Crippen LogP contribution < -0.4 is 5.32 Å². The SMILES string of the molecule is CCCCCCCCCCCCCC(=S)Nc1ccc(CC[P+](=O)O)cc1. The van der Waals surface area contributed by atoms with E-state index < -0.39 is 8.03 Å². The van der Waals surface area contributed by atoms with Crippen LogP contribution in [-0.2, 0) is 11.0 Å². The van der Waals surface area contributed by atoms with Crippen molar-refractivity contribution in [3.05, 3.63) is 29.8 Å². The summed E-state index contributed by atoms with van der Waals surface area (Å²) < 4.78 is 10.8. The highest BCUT2D eigenvalue weighted by molar-refractivity contribution is 7.80. The fourth-order valence-electron chi connectivity index (χ4n) is 3.15. The molecule has 0 aliphatic rings. The smallest absolute Gasteiger partial charge is 0.350 e. The van der Waals surface area contributed by atoms with E-state index in [1.807, 2.05) is 24.3 Å². The second-order valence-corrected chi connectivity index (χ2v) is 9.00. The number of thiocarbonyl (C=S) groups is 1. The lowest BCUT2D eigenvalue weighted by Gasteiger charge is -2.08. The molecule has 0 aliphatic heterocycles. The zero-order chi connectivity index (χ0) is 19.7. The highest BCUT2D eigenvalue weighted by atomic mass is 32.1. The molecular weight excluding hydrogens is 373 g/mol. The van der Waals surface area contributed by atoms with Crippen molar-refractivity contribution in [2.45, 2.75) is 90.4 Å². The van der Waals surface area contributed by atoms with Crippen molar-refractivity contribution in [2.24, 2.45) is 0 Å². The second-order valence-electron chi connectivity index (χ2n) is 7.36. The molecule has 1 rings (SSSR count). The number of aryl methyl sites for hydroxylation is 1. The monoisotopic (exact) mass is 410 g/mol. The lowest BCUT2D eigenvalue weighted by molar-refractivity contribution is 0.502. The summed E-state index contributed by atoms with van der Waals surface area (Å²) in [7, 11) is -2.05. The van der Waals surface area contributed by atoms with E-state index in [0.717, 1.165) is 29.1 Å². The van der Waals surface area contributed by atoms with Gasteiger partial charge in [0.15, 0.2) is 6.16 Å². The number of hydrogen-bond acceptors (Lipinski definition) is 2. The summed E-state index contributed by atoms with van der Waals surface area (Å²) in [6.07, 6.45) is 16.7. The molecule has 3 nitrogen and oxygen atoms in total. The number of nitrogens with one attached hydrogen (secondary N) is 1. The minimum absolute atomic E-state index is 0.319. The molecule has 0 bridgehead atoms. The Bertz CT molecular complexity index is 534. The van der Waals surface area contributed by atoms with Crippen molar-refractivity contribution < 1.29 is 9.46 Å². The van der Waals surface area contributed by atoms with Crippen molar-refractivity contribution in [3.63, 3.8) is 0 Å². The molecule has 0 heterocycles. The largest absolute Gasteiger partial charge is 0.505 e. The molecule has 1 atom stereocenters. The van der Waals surface area contributed by atoms with Gasteiger partial charge in [0, 0.05) is 12.1 Å². The first kappa shape index (κ1) is 24.2. The normalized spacial score (nSPS) is 11.4.